The average molecular weight is 326 g/mol. The lowest BCUT2D eigenvalue weighted by atomic mass is 10.1. The van der Waals surface area contributed by atoms with Crippen LogP contribution < -0.4 is 4.74 Å². The Balaban J connectivity index is 2.17. The summed E-state index contributed by atoms with van der Waals surface area (Å²) in [5, 5.41) is 11.4. The van der Waals surface area contributed by atoms with E-state index in [1.807, 2.05) is 25.1 Å². The molecule has 0 N–H and O–H groups in total. The van der Waals surface area contributed by atoms with Crippen molar-refractivity contribution in [2.24, 2.45) is 0 Å². The van der Waals surface area contributed by atoms with Gasteiger partial charge in [0, 0.05) is 28.3 Å². The number of alkyl halides is 1. The summed E-state index contributed by atoms with van der Waals surface area (Å²) >= 11 is 12.0. The molecule has 0 bridgehead atoms. The van der Waals surface area contributed by atoms with Crippen LogP contribution in [0.3, 0.4) is 0 Å². The third-order valence-corrected chi connectivity index (χ3v) is 3.63. The zero-order chi connectivity index (χ0) is 15.4. The number of ether oxygens (including phenoxy) is 1. The molecule has 0 amide bonds. The lowest BCUT2D eigenvalue weighted by Gasteiger charge is -2.11. The summed E-state index contributed by atoms with van der Waals surface area (Å²) in [5.74, 6) is 0.658. The normalized spacial score (nSPS) is 10.4. The molecule has 21 heavy (non-hydrogen) atoms. The van der Waals surface area contributed by atoms with Crippen LogP contribution in [0.1, 0.15) is 16.7 Å². The second kappa shape index (κ2) is 6.78. The van der Waals surface area contributed by atoms with Crippen molar-refractivity contribution in [1.29, 1.82) is 0 Å². The lowest BCUT2D eigenvalue weighted by Crippen LogP contribution is -2.00. The second-order valence-corrected chi connectivity index (χ2v) is 5.24. The summed E-state index contributed by atoms with van der Waals surface area (Å²) in [4.78, 5) is 10.3. The first-order chi connectivity index (χ1) is 10.0. The SMILES string of the molecule is Cc1ccc(COc2ccc([N+](=O)[O-])cc2CCl)c(Cl)c1. The molecule has 0 aliphatic heterocycles. The van der Waals surface area contributed by atoms with E-state index in [9.17, 15) is 10.1 Å². The van der Waals surface area contributed by atoms with Crippen LogP contribution in [-0.2, 0) is 12.5 Å². The molecule has 0 atom stereocenters. The quantitative estimate of drug-likeness (QED) is 0.447. The fraction of sp³-hybridized carbons (Fsp3) is 0.200. The van der Waals surface area contributed by atoms with Crippen LogP contribution in [0.25, 0.3) is 0 Å². The van der Waals surface area contributed by atoms with E-state index >= 15 is 0 Å². The van der Waals surface area contributed by atoms with E-state index in [0.717, 1.165) is 11.1 Å². The molecule has 2 aromatic carbocycles. The van der Waals surface area contributed by atoms with Gasteiger partial charge >= 0.3 is 0 Å². The minimum Gasteiger partial charge on any atom is -0.489 e. The van der Waals surface area contributed by atoms with Gasteiger partial charge in [0.05, 0.1) is 10.8 Å². The molecule has 0 unspecified atom stereocenters. The maximum atomic E-state index is 10.7. The molecule has 0 heterocycles. The smallest absolute Gasteiger partial charge is 0.270 e. The van der Waals surface area contributed by atoms with Crippen molar-refractivity contribution < 1.29 is 9.66 Å². The topological polar surface area (TPSA) is 52.4 Å². The first-order valence-electron chi connectivity index (χ1n) is 6.22. The number of rotatable bonds is 5. The molecule has 4 nitrogen and oxygen atoms in total. The molecule has 2 aromatic rings. The van der Waals surface area contributed by atoms with Gasteiger partial charge in [0.1, 0.15) is 12.4 Å². The van der Waals surface area contributed by atoms with E-state index in [0.29, 0.717) is 16.3 Å². The van der Waals surface area contributed by atoms with E-state index in [1.165, 1.54) is 12.1 Å². The van der Waals surface area contributed by atoms with Crippen LogP contribution in [-0.4, -0.2) is 4.92 Å². The summed E-state index contributed by atoms with van der Waals surface area (Å²) in [6, 6.07) is 10.1. The molecule has 0 fully saturated rings. The van der Waals surface area contributed by atoms with Crippen LogP contribution in [0.4, 0.5) is 5.69 Å². The molecular weight excluding hydrogens is 313 g/mol. The number of benzene rings is 2. The van der Waals surface area contributed by atoms with E-state index in [2.05, 4.69) is 0 Å². The van der Waals surface area contributed by atoms with Gasteiger partial charge < -0.3 is 4.74 Å². The van der Waals surface area contributed by atoms with Crippen LogP contribution in [0.15, 0.2) is 36.4 Å². The predicted octanol–water partition coefficient (Wildman–Crippen LogP) is 4.87. The highest BCUT2D eigenvalue weighted by Gasteiger charge is 2.11. The Morgan fingerprint density at radius 3 is 2.57 bits per heavy atom. The van der Waals surface area contributed by atoms with Gasteiger partial charge in [0.25, 0.3) is 5.69 Å². The number of nitro benzene ring substituents is 1. The number of hydrogen-bond donors (Lipinski definition) is 0. The van der Waals surface area contributed by atoms with Gasteiger partial charge in [-0.1, -0.05) is 23.7 Å². The maximum absolute atomic E-state index is 10.7. The number of nitro groups is 1. The standard InChI is InChI=1S/C15H13Cl2NO3/c1-10-2-3-11(14(17)6-10)9-21-15-5-4-13(18(19)20)7-12(15)8-16/h2-7H,8-9H2,1H3. The van der Waals surface area contributed by atoms with Crippen LogP contribution in [0.2, 0.25) is 5.02 Å². The van der Waals surface area contributed by atoms with E-state index in [4.69, 9.17) is 27.9 Å². The Hall–Kier alpha value is -1.78. The minimum absolute atomic E-state index is 0.00799. The van der Waals surface area contributed by atoms with Crippen LogP contribution in [0.5, 0.6) is 5.75 Å². The van der Waals surface area contributed by atoms with Crippen LogP contribution >= 0.6 is 23.2 Å². The molecule has 0 radical (unpaired) electrons. The molecule has 0 saturated heterocycles. The van der Waals surface area contributed by atoms with E-state index in [1.54, 1.807) is 6.07 Å². The van der Waals surface area contributed by atoms with Crippen molar-refractivity contribution in [3.05, 3.63) is 68.2 Å². The highest BCUT2D eigenvalue weighted by Crippen LogP contribution is 2.27. The number of halogens is 2. The first-order valence-corrected chi connectivity index (χ1v) is 7.13. The molecular formula is C15H13Cl2NO3. The second-order valence-electron chi connectivity index (χ2n) is 4.57. The van der Waals surface area contributed by atoms with Crippen molar-refractivity contribution in [3.63, 3.8) is 0 Å². The highest BCUT2D eigenvalue weighted by molar-refractivity contribution is 6.31. The average Bonchev–Trinajstić information content (AvgIpc) is 2.46. The van der Waals surface area contributed by atoms with Crippen molar-refractivity contribution in [2.75, 3.05) is 0 Å². The first kappa shape index (κ1) is 15.6. The van der Waals surface area contributed by atoms with Gasteiger partial charge in [-0.05, 0) is 24.6 Å². The van der Waals surface area contributed by atoms with Gasteiger partial charge in [0.15, 0.2) is 0 Å². The summed E-state index contributed by atoms with van der Waals surface area (Å²) < 4.78 is 5.68. The van der Waals surface area contributed by atoms with Gasteiger partial charge in [-0.3, -0.25) is 10.1 Å². The minimum atomic E-state index is -0.462. The summed E-state index contributed by atoms with van der Waals surface area (Å²) in [6.07, 6.45) is 0. The number of aryl methyl sites for hydroxylation is 1. The number of hydrogen-bond acceptors (Lipinski definition) is 3. The Kier molecular flexibility index (Phi) is 5.04. The van der Waals surface area contributed by atoms with Gasteiger partial charge in [0.2, 0.25) is 0 Å². The largest absolute Gasteiger partial charge is 0.489 e. The summed E-state index contributed by atoms with van der Waals surface area (Å²) in [7, 11) is 0. The molecule has 0 aliphatic carbocycles. The third kappa shape index (κ3) is 3.86. The summed E-state index contributed by atoms with van der Waals surface area (Å²) in [6.45, 7) is 2.24. The lowest BCUT2D eigenvalue weighted by molar-refractivity contribution is -0.384. The zero-order valence-corrected chi connectivity index (χ0v) is 12.8. The summed E-state index contributed by atoms with van der Waals surface area (Å²) in [5.41, 5.74) is 2.49. The molecule has 0 aromatic heterocycles. The fourth-order valence-electron chi connectivity index (χ4n) is 1.85. The van der Waals surface area contributed by atoms with Gasteiger partial charge in [-0.15, -0.1) is 11.6 Å². The fourth-order valence-corrected chi connectivity index (χ4v) is 2.35. The Morgan fingerprint density at radius 2 is 1.95 bits per heavy atom. The highest BCUT2D eigenvalue weighted by atomic mass is 35.5. The molecule has 2 rings (SSSR count). The van der Waals surface area contributed by atoms with Crippen molar-refractivity contribution in [1.82, 2.24) is 0 Å². The van der Waals surface area contributed by atoms with Crippen molar-refractivity contribution in [3.8, 4) is 5.75 Å². The predicted molar refractivity (Wildman–Crippen MR) is 83.2 cm³/mol. The van der Waals surface area contributed by atoms with Crippen LogP contribution in [0, 0.1) is 17.0 Å². The van der Waals surface area contributed by atoms with Gasteiger partial charge in [-0.25, -0.2) is 0 Å². The van der Waals surface area contributed by atoms with Crippen molar-refractivity contribution in [2.45, 2.75) is 19.4 Å². The zero-order valence-electron chi connectivity index (χ0n) is 11.3. The maximum Gasteiger partial charge on any atom is 0.270 e. The third-order valence-electron chi connectivity index (χ3n) is 2.99. The Morgan fingerprint density at radius 1 is 1.19 bits per heavy atom. The molecule has 0 aliphatic rings. The van der Waals surface area contributed by atoms with E-state index in [-0.39, 0.29) is 18.2 Å². The molecule has 6 heteroatoms. The Labute approximate surface area is 132 Å². The molecule has 0 spiro atoms. The Bertz CT molecular complexity index is 674. The number of non-ortho nitro benzene ring substituents is 1. The van der Waals surface area contributed by atoms with Crippen molar-refractivity contribution >= 4 is 28.9 Å². The molecule has 110 valence electrons. The monoisotopic (exact) mass is 325 g/mol. The number of nitrogens with zero attached hydrogens (tertiary/aromatic N) is 1. The van der Waals surface area contributed by atoms with Gasteiger partial charge in [-0.2, -0.15) is 0 Å². The van der Waals surface area contributed by atoms with E-state index < -0.39 is 4.92 Å². The molecule has 0 saturated carbocycles.